The van der Waals surface area contributed by atoms with Gasteiger partial charge in [0.2, 0.25) is 11.7 Å². The van der Waals surface area contributed by atoms with E-state index < -0.39 is 4.92 Å². The molecule has 0 fully saturated rings. The van der Waals surface area contributed by atoms with Crippen molar-refractivity contribution in [1.29, 1.82) is 0 Å². The molecular weight excluding hydrogens is 360 g/mol. The summed E-state index contributed by atoms with van der Waals surface area (Å²) >= 11 is 4.94. The Balaban J connectivity index is 2.02. The van der Waals surface area contributed by atoms with Crippen molar-refractivity contribution in [2.45, 2.75) is 20.0 Å². The minimum absolute atomic E-state index is 0.0374. The summed E-state index contributed by atoms with van der Waals surface area (Å²) in [4.78, 5) is 28.7. The number of carbonyl (C=O) groups excluding carboxylic acids is 1. The van der Waals surface area contributed by atoms with Crippen LogP contribution in [-0.4, -0.2) is 32.3 Å². The summed E-state index contributed by atoms with van der Waals surface area (Å²) in [5, 5.41) is 10.7. The lowest BCUT2D eigenvalue weighted by Gasteiger charge is -2.16. The van der Waals surface area contributed by atoms with Gasteiger partial charge in [-0.1, -0.05) is 0 Å². The molecular formula is C12H13BrN4O3S. The van der Waals surface area contributed by atoms with Gasteiger partial charge in [-0.25, -0.2) is 0 Å². The van der Waals surface area contributed by atoms with Gasteiger partial charge in [-0.15, -0.1) is 11.3 Å². The molecule has 0 radical (unpaired) electrons. The third-order valence-corrected chi connectivity index (χ3v) is 4.51. The Hall–Kier alpha value is -1.74. The van der Waals surface area contributed by atoms with Gasteiger partial charge in [0.15, 0.2) is 0 Å². The Bertz CT molecular complexity index is 682. The van der Waals surface area contributed by atoms with Crippen molar-refractivity contribution in [3.8, 4) is 0 Å². The van der Waals surface area contributed by atoms with Crippen LogP contribution in [0.15, 0.2) is 22.1 Å². The van der Waals surface area contributed by atoms with Crippen molar-refractivity contribution in [3.63, 3.8) is 0 Å². The number of likely N-dealkylation sites (N-methyl/N-ethyl adjacent to an activating group) is 1. The molecule has 0 atom stereocenters. The highest BCUT2D eigenvalue weighted by molar-refractivity contribution is 9.11. The second-order valence-corrected chi connectivity index (χ2v) is 7.03. The molecule has 0 saturated heterocycles. The monoisotopic (exact) mass is 372 g/mol. The number of aromatic nitrogens is 2. The van der Waals surface area contributed by atoms with Crippen LogP contribution in [0.1, 0.15) is 10.7 Å². The van der Waals surface area contributed by atoms with Crippen LogP contribution in [-0.2, 0) is 17.9 Å². The number of imidazole rings is 1. The van der Waals surface area contributed by atoms with Crippen LogP contribution in [0, 0.1) is 17.0 Å². The number of aryl methyl sites for hydroxylation is 1. The summed E-state index contributed by atoms with van der Waals surface area (Å²) in [6.07, 6.45) is 1.28. The van der Waals surface area contributed by atoms with E-state index in [2.05, 4.69) is 20.9 Å². The van der Waals surface area contributed by atoms with Crippen molar-refractivity contribution < 1.29 is 9.72 Å². The second kappa shape index (κ2) is 6.35. The molecule has 2 rings (SSSR count). The number of nitrogens with zero attached hydrogens (tertiary/aromatic N) is 4. The Kier molecular flexibility index (Phi) is 4.73. The molecule has 0 aliphatic heterocycles. The van der Waals surface area contributed by atoms with E-state index in [4.69, 9.17) is 0 Å². The summed E-state index contributed by atoms with van der Waals surface area (Å²) < 4.78 is 2.50. The number of rotatable bonds is 5. The first kappa shape index (κ1) is 15.6. The van der Waals surface area contributed by atoms with E-state index in [-0.39, 0.29) is 18.3 Å². The SMILES string of the molecule is Cc1nc([N+](=O)[O-])cn1CC(=O)N(C)Cc1ccc(Br)s1. The van der Waals surface area contributed by atoms with Crippen LogP contribution in [0.3, 0.4) is 0 Å². The van der Waals surface area contributed by atoms with Gasteiger partial charge in [-0.05, 0) is 38.0 Å². The van der Waals surface area contributed by atoms with E-state index in [0.717, 1.165) is 8.66 Å². The first-order valence-electron chi connectivity index (χ1n) is 6.03. The lowest BCUT2D eigenvalue weighted by atomic mass is 10.4. The number of thiophene rings is 1. The summed E-state index contributed by atoms with van der Waals surface area (Å²) in [5.41, 5.74) is 0. The molecule has 0 saturated carbocycles. The van der Waals surface area contributed by atoms with Crippen LogP contribution in [0.5, 0.6) is 0 Å². The number of hydrogen-bond donors (Lipinski definition) is 0. The molecule has 9 heteroatoms. The van der Waals surface area contributed by atoms with Gasteiger partial charge in [-0.3, -0.25) is 9.36 Å². The molecule has 0 spiro atoms. The van der Waals surface area contributed by atoms with Crippen LogP contribution < -0.4 is 0 Å². The minimum atomic E-state index is -0.569. The van der Waals surface area contributed by atoms with Crippen molar-refractivity contribution in [1.82, 2.24) is 14.5 Å². The van der Waals surface area contributed by atoms with E-state index in [1.165, 1.54) is 10.8 Å². The predicted octanol–water partition coefficient (Wildman–Crippen LogP) is 2.58. The minimum Gasteiger partial charge on any atom is -0.358 e. The number of nitro groups is 1. The molecule has 0 bridgehead atoms. The van der Waals surface area contributed by atoms with Crippen molar-refractivity contribution >= 4 is 39.0 Å². The number of hydrogen-bond acceptors (Lipinski definition) is 5. The topological polar surface area (TPSA) is 81.3 Å². The Morgan fingerprint density at radius 1 is 1.57 bits per heavy atom. The van der Waals surface area contributed by atoms with Gasteiger partial charge in [0.25, 0.3) is 0 Å². The summed E-state index contributed by atoms with van der Waals surface area (Å²) in [6.45, 7) is 2.18. The molecule has 0 N–H and O–H groups in total. The Morgan fingerprint density at radius 3 is 2.81 bits per heavy atom. The zero-order valence-corrected chi connectivity index (χ0v) is 13.8. The summed E-state index contributed by atoms with van der Waals surface area (Å²) in [6, 6.07) is 3.88. The van der Waals surface area contributed by atoms with E-state index in [1.807, 2.05) is 12.1 Å². The van der Waals surface area contributed by atoms with Crippen molar-refractivity contribution in [2.24, 2.45) is 0 Å². The normalized spacial score (nSPS) is 10.6. The lowest BCUT2D eigenvalue weighted by Crippen LogP contribution is -2.29. The fraction of sp³-hybridized carbons (Fsp3) is 0.333. The molecule has 0 unspecified atom stereocenters. The summed E-state index contributed by atoms with van der Waals surface area (Å²) in [7, 11) is 1.70. The molecule has 1 amide bonds. The number of halogens is 1. The highest BCUT2D eigenvalue weighted by Crippen LogP contribution is 2.23. The first-order valence-corrected chi connectivity index (χ1v) is 7.64. The maximum Gasteiger partial charge on any atom is 0.381 e. The zero-order chi connectivity index (χ0) is 15.6. The lowest BCUT2D eigenvalue weighted by molar-refractivity contribution is -0.389. The Morgan fingerprint density at radius 2 is 2.29 bits per heavy atom. The molecule has 0 aromatic carbocycles. The predicted molar refractivity (Wildman–Crippen MR) is 82.1 cm³/mol. The molecule has 2 heterocycles. The molecule has 0 aliphatic carbocycles. The smallest absolute Gasteiger partial charge is 0.358 e. The van der Waals surface area contributed by atoms with Crippen molar-refractivity contribution in [3.05, 3.63) is 42.9 Å². The number of amides is 1. The average Bonchev–Trinajstić information content (AvgIpc) is 2.96. The first-order chi connectivity index (χ1) is 9.86. The van der Waals surface area contributed by atoms with Crippen LogP contribution >= 0.6 is 27.3 Å². The van der Waals surface area contributed by atoms with E-state index in [9.17, 15) is 14.9 Å². The largest absolute Gasteiger partial charge is 0.381 e. The zero-order valence-electron chi connectivity index (χ0n) is 11.4. The number of carbonyl (C=O) groups is 1. The maximum atomic E-state index is 12.2. The average molecular weight is 373 g/mol. The fourth-order valence-electron chi connectivity index (χ4n) is 1.76. The molecule has 7 nitrogen and oxygen atoms in total. The third-order valence-electron chi connectivity index (χ3n) is 2.90. The maximum absolute atomic E-state index is 12.2. The van der Waals surface area contributed by atoms with E-state index in [0.29, 0.717) is 12.4 Å². The van der Waals surface area contributed by atoms with Crippen LogP contribution in [0.4, 0.5) is 5.82 Å². The van der Waals surface area contributed by atoms with Gasteiger partial charge >= 0.3 is 5.82 Å². The third kappa shape index (κ3) is 3.88. The molecule has 21 heavy (non-hydrogen) atoms. The van der Waals surface area contributed by atoms with Crippen LogP contribution in [0.2, 0.25) is 0 Å². The van der Waals surface area contributed by atoms with Gasteiger partial charge < -0.3 is 15.0 Å². The fourth-order valence-corrected chi connectivity index (χ4v) is 3.30. The van der Waals surface area contributed by atoms with E-state index >= 15 is 0 Å². The van der Waals surface area contributed by atoms with Gasteiger partial charge in [-0.2, -0.15) is 0 Å². The molecule has 112 valence electrons. The molecule has 0 aliphatic rings. The van der Waals surface area contributed by atoms with Crippen LogP contribution in [0.25, 0.3) is 0 Å². The molecule has 2 aromatic rings. The summed E-state index contributed by atoms with van der Waals surface area (Å²) in [5.74, 6) is 0.0716. The van der Waals surface area contributed by atoms with E-state index in [1.54, 1.807) is 30.2 Å². The Labute approximate surface area is 133 Å². The van der Waals surface area contributed by atoms with Crippen molar-refractivity contribution in [2.75, 3.05) is 7.05 Å². The second-order valence-electron chi connectivity index (χ2n) is 4.49. The highest BCUT2D eigenvalue weighted by atomic mass is 79.9. The van der Waals surface area contributed by atoms with Gasteiger partial charge in [0, 0.05) is 18.8 Å². The van der Waals surface area contributed by atoms with Gasteiger partial charge in [0.05, 0.1) is 10.3 Å². The highest BCUT2D eigenvalue weighted by Gasteiger charge is 2.18. The quantitative estimate of drug-likeness (QED) is 0.596. The standard InChI is InChI=1S/C12H13BrN4O3S/c1-8-14-11(17(19)20)6-16(8)7-12(18)15(2)5-9-3-4-10(13)21-9/h3-4,6H,5,7H2,1-2H3. The molecule has 2 aromatic heterocycles. The van der Waals surface area contributed by atoms with Gasteiger partial charge in [0.1, 0.15) is 12.7 Å².